The summed E-state index contributed by atoms with van der Waals surface area (Å²) in [6.45, 7) is 3.44. The van der Waals surface area contributed by atoms with Crippen LogP contribution in [0.1, 0.15) is 24.5 Å². The normalized spacial score (nSPS) is 21.5. The number of amides is 2. The van der Waals surface area contributed by atoms with E-state index in [1.54, 1.807) is 0 Å². The highest BCUT2D eigenvalue weighted by atomic mass is 19.4. The Balaban J connectivity index is 2.11. The third-order valence-corrected chi connectivity index (χ3v) is 4.29. The first-order chi connectivity index (χ1) is 11.1. The molecule has 1 saturated heterocycles. The number of carbonyl (C=O) groups excluding carboxylic acids is 2. The number of likely N-dealkylation sites (tertiary alicyclic amines) is 1. The summed E-state index contributed by atoms with van der Waals surface area (Å²) in [5.41, 5.74) is -1.08. The number of halogens is 3. The lowest BCUT2D eigenvalue weighted by molar-refractivity contribution is -0.146. The first-order valence-electron chi connectivity index (χ1n) is 7.56. The van der Waals surface area contributed by atoms with E-state index in [2.05, 4.69) is 5.32 Å². The number of aliphatic hydroxyl groups is 1. The van der Waals surface area contributed by atoms with Gasteiger partial charge in [0.15, 0.2) is 0 Å². The number of nitrogens with zero attached hydrogens (tertiary/aromatic N) is 1. The zero-order valence-electron chi connectivity index (χ0n) is 13.4. The van der Waals surface area contributed by atoms with Gasteiger partial charge in [0, 0.05) is 18.8 Å². The van der Waals surface area contributed by atoms with Crippen molar-refractivity contribution in [3.05, 3.63) is 29.3 Å². The fourth-order valence-electron chi connectivity index (χ4n) is 2.63. The molecule has 8 heteroatoms. The minimum absolute atomic E-state index is 0.0304. The molecule has 5 nitrogen and oxygen atoms in total. The molecule has 2 amide bonds. The lowest BCUT2D eigenvalue weighted by atomic mass is 9.96. The van der Waals surface area contributed by atoms with Gasteiger partial charge in [0.2, 0.25) is 0 Å². The van der Waals surface area contributed by atoms with Crippen LogP contribution < -0.4 is 5.32 Å². The number of aliphatic hydroxyl groups excluding tert-OH is 1. The maximum Gasteiger partial charge on any atom is 0.416 e. The van der Waals surface area contributed by atoms with E-state index in [0.29, 0.717) is 13.0 Å². The van der Waals surface area contributed by atoms with Crippen molar-refractivity contribution in [2.45, 2.75) is 32.5 Å². The van der Waals surface area contributed by atoms with E-state index < -0.39 is 29.7 Å². The Hall–Kier alpha value is -2.09. The smallest absolute Gasteiger partial charge is 0.391 e. The molecule has 0 aliphatic carbocycles. The third-order valence-electron chi connectivity index (χ3n) is 4.29. The molecule has 1 aromatic carbocycles. The predicted octanol–water partition coefficient (Wildman–Crippen LogP) is 2.18. The van der Waals surface area contributed by atoms with Crippen LogP contribution in [0.3, 0.4) is 0 Å². The van der Waals surface area contributed by atoms with Crippen LogP contribution in [0.5, 0.6) is 0 Å². The molecule has 1 aromatic rings. The third kappa shape index (κ3) is 3.87. The van der Waals surface area contributed by atoms with E-state index in [1.165, 1.54) is 24.0 Å². The highest BCUT2D eigenvalue weighted by Gasteiger charge is 2.34. The van der Waals surface area contributed by atoms with Gasteiger partial charge in [-0.05, 0) is 37.0 Å². The van der Waals surface area contributed by atoms with Gasteiger partial charge in [0.1, 0.15) is 0 Å². The monoisotopic (exact) mass is 344 g/mol. The standard InChI is InChI=1S/C16H19F3N2O3/c1-9-6-7-21(8-13(9)22)15(24)14(23)20-12-5-3-4-11(10(12)2)16(17,18)19/h3-5,9,13,22H,6-8H2,1-2H3,(H,20,23). The molecule has 1 heterocycles. The molecular weight excluding hydrogens is 325 g/mol. The van der Waals surface area contributed by atoms with Crippen molar-refractivity contribution in [1.82, 2.24) is 4.90 Å². The lowest BCUT2D eigenvalue weighted by Crippen LogP contribution is -2.49. The number of hydrogen-bond acceptors (Lipinski definition) is 3. The van der Waals surface area contributed by atoms with Crippen LogP contribution in [0, 0.1) is 12.8 Å². The summed E-state index contributed by atoms with van der Waals surface area (Å²) >= 11 is 0. The summed E-state index contributed by atoms with van der Waals surface area (Å²) in [6, 6.07) is 3.39. The number of benzene rings is 1. The van der Waals surface area contributed by atoms with E-state index >= 15 is 0 Å². The summed E-state index contributed by atoms with van der Waals surface area (Å²) in [4.78, 5) is 25.4. The summed E-state index contributed by atoms with van der Waals surface area (Å²) in [7, 11) is 0. The average molecular weight is 344 g/mol. The van der Waals surface area contributed by atoms with Crippen molar-refractivity contribution in [3.63, 3.8) is 0 Å². The van der Waals surface area contributed by atoms with Gasteiger partial charge in [0.25, 0.3) is 0 Å². The first-order valence-corrected chi connectivity index (χ1v) is 7.56. The number of β-amino-alcohol motifs (C(OH)–C–C–N with tert-alkyl or cyclic N) is 1. The molecule has 2 N–H and O–H groups in total. The molecule has 2 unspecified atom stereocenters. The fraction of sp³-hybridized carbons (Fsp3) is 0.500. The Morgan fingerprint density at radius 1 is 1.33 bits per heavy atom. The van der Waals surface area contributed by atoms with Crippen LogP contribution >= 0.6 is 0 Å². The van der Waals surface area contributed by atoms with Crippen LogP contribution in [0.25, 0.3) is 0 Å². The molecular formula is C16H19F3N2O3. The minimum Gasteiger partial charge on any atom is -0.391 e. The van der Waals surface area contributed by atoms with Crippen molar-refractivity contribution in [2.24, 2.45) is 5.92 Å². The molecule has 1 fully saturated rings. The summed E-state index contributed by atoms with van der Waals surface area (Å²) in [5.74, 6) is -1.85. The van der Waals surface area contributed by atoms with Gasteiger partial charge in [-0.15, -0.1) is 0 Å². The van der Waals surface area contributed by atoms with E-state index in [0.717, 1.165) is 6.07 Å². The van der Waals surface area contributed by atoms with Gasteiger partial charge >= 0.3 is 18.0 Å². The first kappa shape index (κ1) is 18.3. The van der Waals surface area contributed by atoms with Gasteiger partial charge in [-0.1, -0.05) is 13.0 Å². The Morgan fingerprint density at radius 2 is 2.00 bits per heavy atom. The topological polar surface area (TPSA) is 69.6 Å². The van der Waals surface area contributed by atoms with Gasteiger partial charge in [0.05, 0.1) is 11.7 Å². The SMILES string of the molecule is Cc1c(NC(=O)C(=O)N2CCC(C)C(O)C2)cccc1C(F)(F)F. The Labute approximate surface area is 137 Å². The second-order valence-corrected chi connectivity index (χ2v) is 6.01. The van der Waals surface area contributed by atoms with Gasteiger partial charge < -0.3 is 15.3 Å². The molecule has 1 aliphatic rings. The van der Waals surface area contributed by atoms with Gasteiger partial charge in [-0.3, -0.25) is 9.59 Å². The van der Waals surface area contributed by atoms with Gasteiger partial charge in [-0.2, -0.15) is 13.2 Å². The number of carbonyl (C=O) groups is 2. The average Bonchev–Trinajstić information content (AvgIpc) is 2.50. The largest absolute Gasteiger partial charge is 0.416 e. The number of rotatable bonds is 1. The van der Waals surface area contributed by atoms with Crippen molar-refractivity contribution in [2.75, 3.05) is 18.4 Å². The summed E-state index contributed by atoms with van der Waals surface area (Å²) < 4.78 is 38.6. The molecule has 132 valence electrons. The molecule has 24 heavy (non-hydrogen) atoms. The molecule has 1 aliphatic heterocycles. The molecule has 2 rings (SSSR count). The van der Waals surface area contributed by atoms with Crippen LogP contribution in [0.15, 0.2) is 18.2 Å². The second-order valence-electron chi connectivity index (χ2n) is 6.01. The van der Waals surface area contributed by atoms with Crippen molar-refractivity contribution in [3.8, 4) is 0 Å². The zero-order valence-corrected chi connectivity index (χ0v) is 13.4. The Kier molecular flexibility index (Phi) is 5.17. The molecule has 0 spiro atoms. The molecule has 0 radical (unpaired) electrons. The van der Waals surface area contributed by atoms with Crippen molar-refractivity contribution >= 4 is 17.5 Å². The zero-order chi connectivity index (χ0) is 18.1. The quantitative estimate of drug-likeness (QED) is 0.767. The number of hydrogen-bond donors (Lipinski definition) is 2. The highest BCUT2D eigenvalue weighted by Crippen LogP contribution is 2.34. The van der Waals surface area contributed by atoms with Crippen LogP contribution in [-0.2, 0) is 15.8 Å². The van der Waals surface area contributed by atoms with Crippen LogP contribution in [-0.4, -0.2) is 41.0 Å². The van der Waals surface area contributed by atoms with Gasteiger partial charge in [-0.25, -0.2) is 0 Å². The number of nitrogens with one attached hydrogen (secondary N) is 1. The predicted molar refractivity (Wildman–Crippen MR) is 81.2 cm³/mol. The maximum atomic E-state index is 12.9. The molecule has 0 bridgehead atoms. The maximum absolute atomic E-state index is 12.9. The minimum atomic E-state index is -4.54. The Morgan fingerprint density at radius 3 is 2.58 bits per heavy atom. The molecule has 2 atom stereocenters. The van der Waals surface area contributed by atoms with Crippen molar-refractivity contribution < 1.29 is 27.9 Å². The van der Waals surface area contributed by atoms with E-state index in [9.17, 15) is 27.9 Å². The Bertz CT molecular complexity index is 646. The van der Waals surface area contributed by atoms with Crippen LogP contribution in [0.2, 0.25) is 0 Å². The second kappa shape index (κ2) is 6.80. The van der Waals surface area contributed by atoms with Crippen molar-refractivity contribution in [1.29, 1.82) is 0 Å². The van der Waals surface area contributed by atoms with E-state index in [4.69, 9.17) is 0 Å². The number of piperidine rings is 1. The molecule has 0 aromatic heterocycles. The molecule has 0 saturated carbocycles. The highest BCUT2D eigenvalue weighted by molar-refractivity contribution is 6.39. The van der Waals surface area contributed by atoms with E-state index in [-0.39, 0.29) is 23.7 Å². The van der Waals surface area contributed by atoms with Crippen LogP contribution in [0.4, 0.5) is 18.9 Å². The van der Waals surface area contributed by atoms with E-state index in [1.807, 2.05) is 6.92 Å². The number of alkyl halides is 3. The summed E-state index contributed by atoms with van der Waals surface area (Å²) in [6.07, 6.45) is -4.70. The summed E-state index contributed by atoms with van der Waals surface area (Å²) in [5, 5.41) is 12.0. The number of anilines is 1. The fourth-order valence-corrected chi connectivity index (χ4v) is 2.63. The lowest BCUT2D eigenvalue weighted by Gasteiger charge is -2.33.